The molecule has 0 bridgehead atoms. The van der Waals surface area contributed by atoms with Crippen LogP contribution in [0, 0.1) is 0 Å². The molecule has 0 aliphatic carbocycles. The third-order valence-corrected chi connectivity index (χ3v) is 3.52. The number of amidine groups is 1. The Labute approximate surface area is 85.1 Å². The predicted molar refractivity (Wildman–Crippen MR) is 61.2 cm³/mol. The van der Waals surface area contributed by atoms with Gasteiger partial charge in [0.2, 0.25) is 0 Å². The maximum absolute atomic E-state index is 4.59. The number of thioether (sulfide) groups is 1. The third-order valence-electron chi connectivity index (χ3n) is 2.33. The molecular weight excluding hydrogens is 180 g/mol. The third kappa shape index (κ3) is 2.50. The van der Waals surface area contributed by atoms with Crippen LogP contribution >= 0.6 is 11.8 Å². The lowest BCUT2D eigenvalue weighted by atomic mass is 10.3. The second kappa shape index (κ2) is 4.70. The van der Waals surface area contributed by atoms with Gasteiger partial charge in [-0.25, -0.2) is 4.99 Å². The average Bonchev–Trinajstić information content (AvgIpc) is 2.13. The molecule has 0 fully saturated rings. The van der Waals surface area contributed by atoms with Crippen molar-refractivity contribution in [2.45, 2.75) is 27.7 Å². The summed E-state index contributed by atoms with van der Waals surface area (Å²) in [6, 6.07) is 0. The van der Waals surface area contributed by atoms with E-state index in [2.05, 4.69) is 37.6 Å². The minimum Gasteiger partial charge on any atom is -0.352 e. The first-order valence-electron chi connectivity index (χ1n) is 4.81. The molecule has 0 radical (unpaired) electrons. The fourth-order valence-electron chi connectivity index (χ4n) is 1.20. The SMILES string of the molecule is CCN(CC)C1=NC(C)=C(C)CS1. The van der Waals surface area contributed by atoms with Crippen LogP contribution in [0.15, 0.2) is 16.3 Å². The van der Waals surface area contributed by atoms with Gasteiger partial charge in [-0.05, 0) is 33.3 Å². The standard InChI is InChI=1S/C10H18N2S/c1-5-12(6-2)10-11-9(4)8(3)7-13-10/h5-7H2,1-4H3. The van der Waals surface area contributed by atoms with Crippen molar-refractivity contribution >= 4 is 16.9 Å². The molecule has 0 amide bonds. The summed E-state index contributed by atoms with van der Waals surface area (Å²) in [5.74, 6) is 1.10. The van der Waals surface area contributed by atoms with Gasteiger partial charge in [-0.1, -0.05) is 11.8 Å². The topological polar surface area (TPSA) is 15.6 Å². The molecule has 0 spiro atoms. The minimum atomic E-state index is 1.05. The van der Waals surface area contributed by atoms with Crippen molar-refractivity contribution in [3.8, 4) is 0 Å². The largest absolute Gasteiger partial charge is 0.352 e. The van der Waals surface area contributed by atoms with Crippen molar-refractivity contribution in [3.63, 3.8) is 0 Å². The fraction of sp³-hybridized carbons (Fsp3) is 0.700. The Morgan fingerprint density at radius 3 is 2.38 bits per heavy atom. The van der Waals surface area contributed by atoms with E-state index in [9.17, 15) is 0 Å². The summed E-state index contributed by atoms with van der Waals surface area (Å²) < 4.78 is 0. The molecule has 3 heteroatoms. The number of aliphatic imine (C=N–C) groups is 1. The summed E-state index contributed by atoms with van der Waals surface area (Å²) in [6.07, 6.45) is 0. The van der Waals surface area contributed by atoms with Gasteiger partial charge in [0.05, 0.1) is 0 Å². The molecule has 0 aromatic carbocycles. The van der Waals surface area contributed by atoms with Crippen LogP contribution in [-0.2, 0) is 0 Å². The summed E-state index contributed by atoms with van der Waals surface area (Å²) in [5, 5.41) is 1.19. The average molecular weight is 198 g/mol. The van der Waals surface area contributed by atoms with E-state index in [4.69, 9.17) is 0 Å². The summed E-state index contributed by atoms with van der Waals surface area (Å²) >= 11 is 1.85. The molecule has 0 aromatic heterocycles. The van der Waals surface area contributed by atoms with Gasteiger partial charge in [0.25, 0.3) is 0 Å². The Balaban J connectivity index is 2.77. The lowest BCUT2D eigenvalue weighted by Gasteiger charge is -2.25. The normalized spacial score (nSPS) is 17.4. The van der Waals surface area contributed by atoms with Crippen molar-refractivity contribution in [1.29, 1.82) is 0 Å². The van der Waals surface area contributed by atoms with E-state index in [0.29, 0.717) is 0 Å². The number of rotatable bonds is 2. The maximum Gasteiger partial charge on any atom is 0.164 e. The van der Waals surface area contributed by atoms with Crippen LogP contribution in [0.4, 0.5) is 0 Å². The van der Waals surface area contributed by atoms with Gasteiger partial charge >= 0.3 is 0 Å². The Morgan fingerprint density at radius 2 is 1.92 bits per heavy atom. The molecule has 13 heavy (non-hydrogen) atoms. The zero-order valence-electron chi connectivity index (χ0n) is 8.92. The number of hydrogen-bond acceptors (Lipinski definition) is 3. The van der Waals surface area contributed by atoms with Crippen LogP contribution in [0.25, 0.3) is 0 Å². The minimum absolute atomic E-state index is 1.05. The highest BCUT2D eigenvalue weighted by Gasteiger charge is 2.13. The molecule has 1 rings (SSSR count). The molecule has 0 aromatic rings. The van der Waals surface area contributed by atoms with Gasteiger partial charge in [0.15, 0.2) is 5.17 Å². The Bertz CT molecular complexity index is 239. The van der Waals surface area contributed by atoms with Crippen molar-refractivity contribution in [2.24, 2.45) is 4.99 Å². The van der Waals surface area contributed by atoms with Gasteiger partial charge in [0, 0.05) is 24.5 Å². The first-order valence-corrected chi connectivity index (χ1v) is 5.80. The quantitative estimate of drug-likeness (QED) is 0.678. The number of nitrogens with zero attached hydrogens (tertiary/aromatic N) is 2. The Morgan fingerprint density at radius 1 is 1.31 bits per heavy atom. The van der Waals surface area contributed by atoms with Crippen molar-refractivity contribution in [1.82, 2.24) is 4.90 Å². The van der Waals surface area contributed by atoms with E-state index in [0.717, 1.165) is 18.8 Å². The van der Waals surface area contributed by atoms with Crippen LogP contribution in [0.3, 0.4) is 0 Å². The highest BCUT2D eigenvalue weighted by Crippen LogP contribution is 2.22. The van der Waals surface area contributed by atoms with E-state index in [-0.39, 0.29) is 0 Å². The first kappa shape index (κ1) is 10.6. The number of allylic oxidation sites excluding steroid dienone is 1. The summed E-state index contributed by atoms with van der Waals surface area (Å²) in [4.78, 5) is 6.90. The van der Waals surface area contributed by atoms with Gasteiger partial charge < -0.3 is 4.90 Å². The Hall–Kier alpha value is -0.440. The molecule has 74 valence electrons. The van der Waals surface area contributed by atoms with Gasteiger partial charge in [0.1, 0.15) is 0 Å². The van der Waals surface area contributed by atoms with Gasteiger partial charge in [-0.15, -0.1) is 0 Å². The predicted octanol–water partition coefficient (Wildman–Crippen LogP) is 2.72. The van der Waals surface area contributed by atoms with E-state index >= 15 is 0 Å². The van der Waals surface area contributed by atoms with Crippen LogP contribution in [-0.4, -0.2) is 28.9 Å². The first-order chi connectivity index (χ1) is 6.19. The molecule has 0 saturated heterocycles. The molecule has 1 aliphatic rings. The maximum atomic E-state index is 4.59. The van der Waals surface area contributed by atoms with E-state index in [1.807, 2.05) is 11.8 Å². The molecule has 0 saturated carbocycles. The molecule has 1 heterocycles. The van der Waals surface area contributed by atoms with Crippen molar-refractivity contribution in [2.75, 3.05) is 18.8 Å². The Kier molecular flexibility index (Phi) is 3.85. The smallest absolute Gasteiger partial charge is 0.164 e. The van der Waals surface area contributed by atoms with Crippen molar-refractivity contribution in [3.05, 3.63) is 11.3 Å². The molecule has 1 aliphatic heterocycles. The van der Waals surface area contributed by atoms with Gasteiger partial charge in [-0.3, -0.25) is 0 Å². The zero-order valence-corrected chi connectivity index (χ0v) is 9.74. The molecule has 2 nitrogen and oxygen atoms in total. The van der Waals surface area contributed by atoms with Gasteiger partial charge in [-0.2, -0.15) is 0 Å². The second-order valence-corrected chi connectivity index (χ2v) is 4.16. The van der Waals surface area contributed by atoms with E-state index in [1.54, 1.807) is 0 Å². The summed E-state index contributed by atoms with van der Waals surface area (Å²) in [5.41, 5.74) is 2.60. The number of hydrogen-bond donors (Lipinski definition) is 0. The van der Waals surface area contributed by atoms with Crippen LogP contribution in [0.2, 0.25) is 0 Å². The van der Waals surface area contributed by atoms with E-state index in [1.165, 1.54) is 16.4 Å². The fourth-order valence-corrected chi connectivity index (χ4v) is 2.40. The lowest BCUT2D eigenvalue weighted by molar-refractivity contribution is 0.474. The lowest BCUT2D eigenvalue weighted by Crippen LogP contribution is -2.29. The van der Waals surface area contributed by atoms with Crippen LogP contribution in [0.5, 0.6) is 0 Å². The monoisotopic (exact) mass is 198 g/mol. The van der Waals surface area contributed by atoms with E-state index < -0.39 is 0 Å². The molecule has 0 unspecified atom stereocenters. The molecule has 0 N–H and O–H groups in total. The van der Waals surface area contributed by atoms with Crippen LogP contribution in [0.1, 0.15) is 27.7 Å². The molecule has 0 atom stereocenters. The molecular formula is C10H18N2S. The summed E-state index contributed by atoms with van der Waals surface area (Å²) in [7, 11) is 0. The van der Waals surface area contributed by atoms with Crippen molar-refractivity contribution < 1.29 is 0 Å². The zero-order chi connectivity index (χ0) is 9.84. The second-order valence-electron chi connectivity index (χ2n) is 3.22. The van der Waals surface area contributed by atoms with Crippen LogP contribution < -0.4 is 0 Å². The summed E-state index contributed by atoms with van der Waals surface area (Å²) in [6.45, 7) is 10.7. The highest BCUT2D eigenvalue weighted by atomic mass is 32.2. The highest BCUT2D eigenvalue weighted by molar-refractivity contribution is 8.14.